The van der Waals surface area contributed by atoms with E-state index in [4.69, 9.17) is 23.2 Å². The molecule has 1 amide bonds. The lowest BCUT2D eigenvalue weighted by Crippen LogP contribution is -2.08. The number of carbonyl (C=O) groups excluding carboxylic acids is 1. The van der Waals surface area contributed by atoms with Crippen LogP contribution < -0.4 is 5.32 Å². The normalized spacial score (nSPS) is 10.7. The Hall–Kier alpha value is -0.840. The van der Waals surface area contributed by atoms with Crippen molar-refractivity contribution in [2.24, 2.45) is 0 Å². The highest BCUT2D eigenvalue weighted by Gasteiger charge is 2.11. The highest BCUT2D eigenvalue weighted by atomic mass is 35.5. The zero-order valence-corrected chi connectivity index (χ0v) is 10.7. The molecule has 1 heterocycles. The van der Waals surface area contributed by atoms with E-state index in [0.717, 1.165) is 4.70 Å². The van der Waals surface area contributed by atoms with E-state index in [9.17, 15) is 4.79 Å². The van der Waals surface area contributed by atoms with Crippen LogP contribution in [0.2, 0.25) is 10.0 Å². The van der Waals surface area contributed by atoms with Crippen LogP contribution >= 0.6 is 34.5 Å². The lowest BCUT2D eigenvalue weighted by atomic mass is 10.3. The molecule has 0 fully saturated rings. The Kier molecular flexibility index (Phi) is 3.33. The van der Waals surface area contributed by atoms with E-state index in [2.05, 4.69) is 10.3 Å². The fourth-order valence-electron chi connectivity index (χ4n) is 1.21. The SMILES string of the molecule is CCC(=O)Nc1nc2c(Cl)ccc(Cl)c2s1. The zero-order valence-electron chi connectivity index (χ0n) is 8.38. The van der Waals surface area contributed by atoms with Gasteiger partial charge in [0.05, 0.1) is 14.7 Å². The first kappa shape index (κ1) is 11.6. The molecule has 1 aromatic heterocycles. The number of anilines is 1. The van der Waals surface area contributed by atoms with Gasteiger partial charge in [0.15, 0.2) is 5.13 Å². The number of hydrogen-bond donors (Lipinski definition) is 1. The van der Waals surface area contributed by atoms with Crippen LogP contribution in [0.1, 0.15) is 13.3 Å². The van der Waals surface area contributed by atoms with Crippen LogP contribution in [0, 0.1) is 0 Å². The molecule has 0 atom stereocenters. The van der Waals surface area contributed by atoms with Gasteiger partial charge < -0.3 is 5.32 Å². The third-order valence-corrected chi connectivity index (χ3v) is 3.75. The van der Waals surface area contributed by atoms with Crippen molar-refractivity contribution in [2.45, 2.75) is 13.3 Å². The van der Waals surface area contributed by atoms with Gasteiger partial charge in [-0.3, -0.25) is 4.79 Å². The molecule has 0 aliphatic heterocycles. The van der Waals surface area contributed by atoms with Crippen LogP contribution in [0.25, 0.3) is 10.2 Å². The molecular weight excluding hydrogens is 267 g/mol. The molecule has 0 saturated heterocycles. The fourth-order valence-corrected chi connectivity index (χ4v) is 2.64. The molecule has 0 aliphatic carbocycles. The first-order chi connectivity index (χ1) is 7.61. The Morgan fingerprint density at radius 2 is 2.12 bits per heavy atom. The van der Waals surface area contributed by atoms with Gasteiger partial charge >= 0.3 is 0 Å². The summed E-state index contributed by atoms with van der Waals surface area (Å²) in [6, 6.07) is 3.41. The van der Waals surface area contributed by atoms with Gasteiger partial charge in [-0.2, -0.15) is 0 Å². The van der Waals surface area contributed by atoms with Crippen molar-refractivity contribution in [1.82, 2.24) is 4.98 Å². The number of halogens is 2. The van der Waals surface area contributed by atoms with Crippen molar-refractivity contribution in [3.8, 4) is 0 Å². The van der Waals surface area contributed by atoms with Gasteiger partial charge in [-0.15, -0.1) is 0 Å². The number of benzene rings is 1. The average Bonchev–Trinajstić information content (AvgIpc) is 2.68. The van der Waals surface area contributed by atoms with E-state index in [1.54, 1.807) is 19.1 Å². The van der Waals surface area contributed by atoms with Crippen LogP contribution in [0.3, 0.4) is 0 Å². The molecule has 0 spiro atoms. The first-order valence-corrected chi connectivity index (χ1v) is 6.23. The van der Waals surface area contributed by atoms with Gasteiger partial charge in [-0.1, -0.05) is 41.5 Å². The summed E-state index contributed by atoms with van der Waals surface area (Å²) in [5, 5.41) is 4.34. The number of aromatic nitrogens is 1. The molecule has 2 rings (SSSR count). The second-order valence-corrected chi connectivity index (χ2v) is 4.94. The minimum Gasteiger partial charge on any atom is -0.302 e. The van der Waals surface area contributed by atoms with Gasteiger partial charge in [-0.05, 0) is 12.1 Å². The zero-order chi connectivity index (χ0) is 11.7. The van der Waals surface area contributed by atoms with Crippen molar-refractivity contribution in [1.29, 1.82) is 0 Å². The highest BCUT2D eigenvalue weighted by molar-refractivity contribution is 7.23. The van der Waals surface area contributed by atoms with Crippen LogP contribution in [0.5, 0.6) is 0 Å². The molecule has 2 aromatic rings. The van der Waals surface area contributed by atoms with Crippen LogP contribution in [-0.4, -0.2) is 10.9 Å². The lowest BCUT2D eigenvalue weighted by molar-refractivity contribution is -0.115. The summed E-state index contributed by atoms with van der Waals surface area (Å²) in [7, 11) is 0. The van der Waals surface area contributed by atoms with Gasteiger partial charge in [0.25, 0.3) is 0 Å². The Morgan fingerprint density at radius 3 is 2.75 bits per heavy atom. The van der Waals surface area contributed by atoms with Crippen molar-refractivity contribution in [3.05, 3.63) is 22.2 Å². The lowest BCUT2D eigenvalue weighted by Gasteiger charge is -1.95. The second kappa shape index (κ2) is 4.57. The summed E-state index contributed by atoms with van der Waals surface area (Å²) in [6.07, 6.45) is 0.414. The number of fused-ring (bicyclic) bond motifs is 1. The van der Waals surface area contributed by atoms with Gasteiger partial charge in [0.1, 0.15) is 5.52 Å². The Labute approximate surface area is 106 Å². The molecule has 6 heteroatoms. The minimum atomic E-state index is -0.0775. The number of carbonyl (C=O) groups is 1. The highest BCUT2D eigenvalue weighted by Crippen LogP contribution is 2.35. The summed E-state index contributed by atoms with van der Waals surface area (Å²) >= 11 is 13.3. The van der Waals surface area contributed by atoms with Crippen LogP contribution in [0.15, 0.2) is 12.1 Å². The van der Waals surface area contributed by atoms with E-state index in [0.29, 0.717) is 27.1 Å². The van der Waals surface area contributed by atoms with E-state index in [1.165, 1.54) is 11.3 Å². The van der Waals surface area contributed by atoms with Crippen molar-refractivity contribution in [2.75, 3.05) is 5.32 Å². The molecule has 0 bridgehead atoms. The van der Waals surface area contributed by atoms with E-state index in [1.807, 2.05) is 0 Å². The van der Waals surface area contributed by atoms with Crippen LogP contribution in [0.4, 0.5) is 5.13 Å². The smallest absolute Gasteiger partial charge is 0.225 e. The standard InChI is InChI=1S/C10H8Cl2N2OS/c1-2-7(15)13-10-14-8-5(11)3-4-6(12)9(8)16-10/h3-4H,2H2,1H3,(H,13,14,15). The molecule has 0 radical (unpaired) electrons. The number of amides is 1. The quantitative estimate of drug-likeness (QED) is 0.901. The van der Waals surface area contributed by atoms with E-state index in [-0.39, 0.29) is 5.91 Å². The van der Waals surface area contributed by atoms with Crippen molar-refractivity contribution in [3.63, 3.8) is 0 Å². The van der Waals surface area contributed by atoms with Gasteiger partial charge in [0.2, 0.25) is 5.91 Å². The molecule has 1 aromatic carbocycles. The predicted molar refractivity (Wildman–Crippen MR) is 68.6 cm³/mol. The Balaban J connectivity index is 2.47. The monoisotopic (exact) mass is 274 g/mol. The Bertz CT molecular complexity index is 514. The molecule has 3 nitrogen and oxygen atoms in total. The first-order valence-electron chi connectivity index (χ1n) is 4.66. The van der Waals surface area contributed by atoms with Gasteiger partial charge in [0, 0.05) is 6.42 Å². The molecule has 0 saturated carbocycles. The van der Waals surface area contributed by atoms with E-state index < -0.39 is 0 Å². The Morgan fingerprint density at radius 1 is 1.44 bits per heavy atom. The average molecular weight is 275 g/mol. The maximum Gasteiger partial charge on any atom is 0.225 e. The maximum absolute atomic E-state index is 11.2. The molecule has 0 unspecified atom stereocenters. The van der Waals surface area contributed by atoms with E-state index >= 15 is 0 Å². The molecule has 84 valence electrons. The predicted octanol–water partition coefficient (Wildman–Crippen LogP) is 3.95. The summed E-state index contributed by atoms with van der Waals surface area (Å²) in [5.41, 5.74) is 0.630. The summed E-state index contributed by atoms with van der Waals surface area (Å²) in [5.74, 6) is -0.0775. The fraction of sp³-hybridized carbons (Fsp3) is 0.200. The third-order valence-electron chi connectivity index (χ3n) is 2.01. The molecular formula is C10H8Cl2N2OS. The number of rotatable bonds is 2. The molecule has 0 aliphatic rings. The summed E-state index contributed by atoms with van der Waals surface area (Å²) in [6.45, 7) is 1.78. The third kappa shape index (κ3) is 2.14. The molecule has 1 N–H and O–H groups in total. The minimum absolute atomic E-state index is 0.0775. The number of nitrogens with one attached hydrogen (secondary N) is 1. The number of hydrogen-bond acceptors (Lipinski definition) is 3. The maximum atomic E-state index is 11.2. The second-order valence-electron chi connectivity index (χ2n) is 3.13. The topological polar surface area (TPSA) is 42.0 Å². The van der Waals surface area contributed by atoms with Crippen molar-refractivity contribution >= 4 is 55.8 Å². The van der Waals surface area contributed by atoms with Crippen molar-refractivity contribution < 1.29 is 4.79 Å². The van der Waals surface area contributed by atoms with Gasteiger partial charge in [-0.25, -0.2) is 4.98 Å². The van der Waals surface area contributed by atoms with Crippen LogP contribution in [-0.2, 0) is 4.79 Å². The number of thiazole rings is 1. The molecule has 16 heavy (non-hydrogen) atoms. The summed E-state index contributed by atoms with van der Waals surface area (Å²) < 4.78 is 0.792. The summed E-state index contributed by atoms with van der Waals surface area (Å²) in [4.78, 5) is 15.4. The number of nitrogens with zero attached hydrogens (tertiary/aromatic N) is 1. The largest absolute Gasteiger partial charge is 0.302 e.